The topological polar surface area (TPSA) is 38.9 Å². The normalized spacial score (nSPS) is 11.0. The highest BCUT2D eigenvalue weighted by Crippen LogP contribution is 2.33. The van der Waals surface area contributed by atoms with Gasteiger partial charge in [0.2, 0.25) is 0 Å². The first-order chi connectivity index (χ1) is 8.63. The van der Waals surface area contributed by atoms with Gasteiger partial charge >= 0.3 is 0 Å². The molecule has 1 heterocycles. The number of hydrogen-bond donors (Lipinski definition) is 1. The van der Waals surface area contributed by atoms with Crippen molar-refractivity contribution in [3.63, 3.8) is 0 Å². The molecule has 0 fully saturated rings. The number of hydrogen-bond acceptors (Lipinski definition) is 3. The second-order valence-corrected chi connectivity index (χ2v) is 5.34. The van der Waals surface area contributed by atoms with Gasteiger partial charge in [-0.25, -0.2) is 9.37 Å². The quantitative estimate of drug-likeness (QED) is 0.673. The maximum atomic E-state index is 13.8. The third-order valence-corrected chi connectivity index (χ3v) is 3.88. The van der Waals surface area contributed by atoms with Crippen molar-refractivity contribution in [2.45, 2.75) is 0 Å². The van der Waals surface area contributed by atoms with E-state index in [1.165, 1.54) is 17.4 Å². The number of nitrogens with two attached hydrogens (primary N) is 1. The van der Waals surface area contributed by atoms with Crippen molar-refractivity contribution in [1.82, 2.24) is 4.98 Å². The Labute approximate surface area is 112 Å². The summed E-state index contributed by atoms with van der Waals surface area (Å²) in [5.41, 5.74) is 7.17. The lowest BCUT2D eigenvalue weighted by Gasteiger charge is -1.99. The fourth-order valence-electron chi connectivity index (χ4n) is 1.72. The van der Waals surface area contributed by atoms with Gasteiger partial charge in [0, 0.05) is 16.3 Å². The van der Waals surface area contributed by atoms with Crippen LogP contribution in [0.2, 0.25) is 5.02 Å². The zero-order valence-electron chi connectivity index (χ0n) is 9.15. The molecule has 0 aliphatic carbocycles. The van der Waals surface area contributed by atoms with E-state index in [-0.39, 0.29) is 5.82 Å². The first kappa shape index (κ1) is 11.4. The van der Waals surface area contributed by atoms with Gasteiger partial charge in [0.25, 0.3) is 0 Å². The number of aromatic nitrogens is 1. The van der Waals surface area contributed by atoms with Crippen molar-refractivity contribution < 1.29 is 4.39 Å². The average Bonchev–Trinajstić information content (AvgIpc) is 2.71. The third kappa shape index (κ3) is 1.94. The molecule has 0 spiro atoms. The molecule has 2 nitrogen and oxygen atoms in total. The van der Waals surface area contributed by atoms with E-state index in [2.05, 4.69) is 4.98 Å². The second-order valence-electron chi connectivity index (χ2n) is 3.87. The summed E-state index contributed by atoms with van der Waals surface area (Å²) in [6.07, 6.45) is 0. The molecule has 0 bridgehead atoms. The fourth-order valence-corrected chi connectivity index (χ4v) is 2.86. The summed E-state index contributed by atoms with van der Waals surface area (Å²) < 4.78 is 14.8. The Morgan fingerprint density at radius 2 is 2.00 bits per heavy atom. The predicted molar refractivity (Wildman–Crippen MR) is 74.4 cm³/mol. The van der Waals surface area contributed by atoms with E-state index in [1.54, 1.807) is 24.3 Å². The molecule has 5 heteroatoms. The van der Waals surface area contributed by atoms with Crippen LogP contribution in [-0.2, 0) is 0 Å². The van der Waals surface area contributed by atoms with Crippen LogP contribution in [0.3, 0.4) is 0 Å². The number of benzene rings is 2. The van der Waals surface area contributed by atoms with Crippen LogP contribution >= 0.6 is 22.9 Å². The Morgan fingerprint density at radius 1 is 1.17 bits per heavy atom. The lowest BCUT2D eigenvalue weighted by Crippen LogP contribution is -1.88. The summed E-state index contributed by atoms with van der Waals surface area (Å²) in [6, 6.07) is 10.1. The molecule has 1 aromatic heterocycles. The van der Waals surface area contributed by atoms with Crippen LogP contribution in [0, 0.1) is 5.82 Å². The highest BCUT2D eigenvalue weighted by atomic mass is 35.5. The molecule has 0 radical (unpaired) electrons. The molecule has 3 aromatic rings. The zero-order valence-corrected chi connectivity index (χ0v) is 10.7. The minimum atomic E-state index is -0.361. The first-order valence-electron chi connectivity index (χ1n) is 5.25. The van der Waals surface area contributed by atoms with E-state index in [0.717, 1.165) is 10.2 Å². The molecule has 0 aliphatic rings. The first-order valence-corrected chi connectivity index (χ1v) is 6.44. The van der Waals surface area contributed by atoms with E-state index in [0.29, 0.717) is 21.3 Å². The fraction of sp³-hybridized carbons (Fsp3) is 0. The number of rotatable bonds is 1. The molecule has 0 atom stereocenters. The molecule has 2 N–H and O–H groups in total. The smallest absolute Gasteiger partial charge is 0.135 e. The Kier molecular flexibility index (Phi) is 2.69. The maximum Gasteiger partial charge on any atom is 0.135 e. The summed E-state index contributed by atoms with van der Waals surface area (Å²) >= 11 is 7.33. The molecule has 0 aliphatic heterocycles. The highest BCUT2D eigenvalue weighted by molar-refractivity contribution is 7.21. The van der Waals surface area contributed by atoms with Gasteiger partial charge in [-0.05, 0) is 36.4 Å². The van der Waals surface area contributed by atoms with Crippen LogP contribution in [-0.4, -0.2) is 4.98 Å². The average molecular weight is 279 g/mol. The maximum absolute atomic E-state index is 13.8. The van der Waals surface area contributed by atoms with Gasteiger partial charge < -0.3 is 5.73 Å². The van der Waals surface area contributed by atoms with Crippen molar-refractivity contribution in [2.24, 2.45) is 0 Å². The van der Waals surface area contributed by atoms with Gasteiger partial charge in [0.15, 0.2) is 0 Å². The molecule has 0 saturated heterocycles. The van der Waals surface area contributed by atoms with Crippen molar-refractivity contribution in [3.8, 4) is 10.6 Å². The van der Waals surface area contributed by atoms with Gasteiger partial charge in [-0.1, -0.05) is 11.6 Å². The van der Waals surface area contributed by atoms with E-state index in [9.17, 15) is 4.39 Å². The molecule has 0 saturated carbocycles. The van der Waals surface area contributed by atoms with Gasteiger partial charge in [0.1, 0.15) is 10.8 Å². The largest absolute Gasteiger partial charge is 0.399 e. The lowest BCUT2D eigenvalue weighted by atomic mass is 10.2. The summed E-state index contributed by atoms with van der Waals surface area (Å²) in [4.78, 5) is 4.39. The number of fused-ring (bicyclic) bond motifs is 1. The van der Waals surface area contributed by atoms with Crippen LogP contribution in [0.4, 0.5) is 10.1 Å². The lowest BCUT2D eigenvalue weighted by molar-refractivity contribution is 0.632. The van der Waals surface area contributed by atoms with E-state index in [1.807, 2.05) is 6.07 Å². The number of anilines is 1. The molecular formula is C13H8ClFN2S. The highest BCUT2D eigenvalue weighted by Gasteiger charge is 2.11. The van der Waals surface area contributed by atoms with Gasteiger partial charge in [0.05, 0.1) is 10.2 Å². The molecule has 0 amide bonds. The van der Waals surface area contributed by atoms with Crippen LogP contribution in [0.15, 0.2) is 36.4 Å². The minimum absolute atomic E-state index is 0.361. The van der Waals surface area contributed by atoms with E-state index < -0.39 is 0 Å². The van der Waals surface area contributed by atoms with Gasteiger partial charge in [-0.2, -0.15) is 0 Å². The van der Waals surface area contributed by atoms with Crippen molar-refractivity contribution in [3.05, 3.63) is 47.2 Å². The van der Waals surface area contributed by atoms with Crippen molar-refractivity contribution in [1.29, 1.82) is 0 Å². The molecular weight excluding hydrogens is 271 g/mol. The Balaban J connectivity index is 2.19. The third-order valence-electron chi connectivity index (χ3n) is 2.57. The molecule has 18 heavy (non-hydrogen) atoms. The Morgan fingerprint density at radius 3 is 2.78 bits per heavy atom. The summed E-state index contributed by atoms with van der Waals surface area (Å²) in [6.45, 7) is 0. The number of thiazole rings is 1. The predicted octanol–water partition coefficient (Wildman–Crippen LogP) is 4.34. The molecule has 90 valence electrons. The number of nitrogen functional groups attached to an aromatic ring is 1. The van der Waals surface area contributed by atoms with Crippen LogP contribution in [0.1, 0.15) is 0 Å². The van der Waals surface area contributed by atoms with E-state index >= 15 is 0 Å². The second kappa shape index (κ2) is 4.23. The number of nitrogens with zero attached hydrogens (tertiary/aromatic N) is 1. The molecule has 0 unspecified atom stereocenters. The summed E-state index contributed by atoms with van der Waals surface area (Å²) in [5, 5.41) is 1.25. The summed E-state index contributed by atoms with van der Waals surface area (Å²) in [7, 11) is 0. The monoisotopic (exact) mass is 278 g/mol. The molecule has 3 rings (SSSR count). The zero-order chi connectivity index (χ0) is 12.7. The van der Waals surface area contributed by atoms with Crippen LogP contribution < -0.4 is 5.73 Å². The summed E-state index contributed by atoms with van der Waals surface area (Å²) in [5.74, 6) is -0.361. The SMILES string of the molecule is Nc1ccc(-c2nc3cc(Cl)ccc3s2)c(F)c1. The van der Waals surface area contributed by atoms with Crippen molar-refractivity contribution in [2.75, 3.05) is 5.73 Å². The van der Waals surface area contributed by atoms with Gasteiger partial charge in [-0.3, -0.25) is 0 Å². The Hall–Kier alpha value is -1.65. The standard InChI is InChI=1S/C13H8ClFN2S/c14-7-1-4-12-11(5-7)17-13(18-12)9-3-2-8(16)6-10(9)15/h1-6H,16H2. The number of halogens is 2. The van der Waals surface area contributed by atoms with Gasteiger partial charge in [-0.15, -0.1) is 11.3 Å². The minimum Gasteiger partial charge on any atom is -0.399 e. The van der Waals surface area contributed by atoms with Crippen LogP contribution in [0.25, 0.3) is 20.8 Å². The van der Waals surface area contributed by atoms with Crippen molar-refractivity contribution >= 4 is 38.8 Å². The van der Waals surface area contributed by atoms with Crippen LogP contribution in [0.5, 0.6) is 0 Å². The Bertz CT molecular complexity index is 739. The molecule has 2 aromatic carbocycles. The van der Waals surface area contributed by atoms with E-state index in [4.69, 9.17) is 17.3 Å².